The average molecular weight is 312 g/mol. The lowest BCUT2D eigenvalue weighted by molar-refractivity contribution is 0.238. The molecule has 0 fully saturated rings. The van der Waals surface area contributed by atoms with Gasteiger partial charge in [-0.25, -0.2) is 4.79 Å². The van der Waals surface area contributed by atoms with E-state index in [-0.39, 0.29) is 24.6 Å². The Bertz CT molecular complexity index is 682. The second-order valence-corrected chi connectivity index (χ2v) is 5.67. The van der Waals surface area contributed by atoms with Crippen molar-refractivity contribution in [3.8, 4) is 0 Å². The van der Waals surface area contributed by atoms with Crippen LogP contribution in [0.3, 0.4) is 0 Å². The van der Waals surface area contributed by atoms with Gasteiger partial charge in [-0.15, -0.1) is 0 Å². The average Bonchev–Trinajstić information content (AvgIpc) is 3.19. The highest BCUT2D eigenvalue weighted by Gasteiger charge is 2.19. The lowest BCUT2D eigenvalue weighted by Gasteiger charge is -2.14. The summed E-state index contributed by atoms with van der Waals surface area (Å²) in [4.78, 5) is 12.1. The van der Waals surface area contributed by atoms with Gasteiger partial charge in [0.2, 0.25) is 0 Å². The number of amides is 2. The molecule has 1 aliphatic carbocycles. The number of hydrogen-bond donors (Lipinski definition) is 3. The smallest absolute Gasteiger partial charge is 0.319 e. The van der Waals surface area contributed by atoms with Crippen molar-refractivity contribution in [1.29, 1.82) is 0 Å². The molecular formula is C17H20N4O2. The number of aromatic nitrogens is 2. The van der Waals surface area contributed by atoms with Gasteiger partial charge in [0.05, 0.1) is 6.54 Å². The summed E-state index contributed by atoms with van der Waals surface area (Å²) in [6.07, 6.45) is 8.24. The third-order valence-corrected chi connectivity index (χ3v) is 3.81. The molecule has 0 radical (unpaired) electrons. The Hall–Kier alpha value is -2.60. The van der Waals surface area contributed by atoms with Crippen molar-refractivity contribution in [2.45, 2.75) is 19.0 Å². The predicted octanol–water partition coefficient (Wildman–Crippen LogP) is 1.99. The van der Waals surface area contributed by atoms with E-state index in [0.717, 1.165) is 17.7 Å². The van der Waals surface area contributed by atoms with Gasteiger partial charge in [-0.3, -0.25) is 4.68 Å². The van der Waals surface area contributed by atoms with Gasteiger partial charge in [-0.1, -0.05) is 24.3 Å². The molecular weight excluding hydrogens is 292 g/mol. The minimum Gasteiger partial charge on any atom is -0.396 e. The number of aliphatic hydroxyl groups is 1. The molecule has 2 aromatic rings. The summed E-state index contributed by atoms with van der Waals surface area (Å²) < 4.78 is 1.83. The highest BCUT2D eigenvalue weighted by molar-refractivity contribution is 5.89. The van der Waals surface area contributed by atoms with Gasteiger partial charge >= 0.3 is 6.03 Å². The number of aliphatic hydroxyl groups excluding tert-OH is 1. The maximum atomic E-state index is 12.1. The number of rotatable bonds is 5. The first-order valence-electron chi connectivity index (χ1n) is 7.66. The minimum absolute atomic E-state index is 0.0283. The van der Waals surface area contributed by atoms with Crippen LogP contribution in [0.1, 0.15) is 12.0 Å². The first-order chi connectivity index (χ1) is 11.2. The standard InChI is InChI=1S/C17H20N4O2/c22-12-14-5-6-16(10-14)20-17(23)19-15-4-1-3-13(9-15)11-21-8-2-7-18-21/h1-9,14,16,22H,10-12H2,(H2,19,20,23)/t14-,16+/m0/s1. The van der Waals surface area contributed by atoms with Crippen molar-refractivity contribution in [3.05, 3.63) is 60.4 Å². The van der Waals surface area contributed by atoms with Gasteiger partial charge < -0.3 is 15.7 Å². The highest BCUT2D eigenvalue weighted by Crippen LogP contribution is 2.17. The molecule has 1 aromatic carbocycles. The number of carbonyl (C=O) groups excluding carboxylic acids is 1. The molecule has 0 aliphatic heterocycles. The molecule has 0 bridgehead atoms. The lowest BCUT2D eigenvalue weighted by Crippen LogP contribution is -2.36. The van der Waals surface area contributed by atoms with Gasteiger partial charge in [0.15, 0.2) is 0 Å². The van der Waals surface area contributed by atoms with Crippen molar-refractivity contribution in [2.75, 3.05) is 11.9 Å². The Morgan fingerprint density at radius 3 is 3.00 bits per heavy atom. The minimum atomic E-state index is -0.241. The van der Waals surface area contributed by atoms with Crippen LogP contribution in [0, 0.1) is 5.92 Å². The van der Waals surface area contributed by atoms with Crippen molar-refractivity contribution in [1.82, 2.24) is 15.1 Å². The summed E-state index contributed by atoms with van der Waals surface area (Å²) >= 11 is 0. The van der Waals surface area contributed by atoms with Crippen LogP contribution in [0.5, 0.6) is 0 Å². The number of hydrogen-bond acceptors (Lipinski definition) is 3. The van der Waals surface area contributed by atoms with Gasteiger partial charge in [-0.05, 0) is 30.2 Å². The van der Waals surface area contributed by atoms with E-state index in [2.05, 4.69) is 15.7 Å². The molecule has 2 amide bonds. The molecule has 1 heterocycles. The summed E-state index contributed by atoms with van der Waals surface area (Å²) in [5, 5.41) is 19.0. The van der Waals surface area contributed by atoms with E-state index >= 15 is 0 Å². The molecule has 0 spiro atoms. The molecule has 120 valence electrons. The zero-order valence-corrected chi connectivity index (χ0v) is 12.7. The fourth-order valence-electron chi connectivity index (χ4n) is 2.68. The number of nitrogens with one attached hydrogen (secondary N) is 2. The van der Waals surface area contributed by atoms with Crippen LogP contribution >= 0.6 is 0 Å². The Morgan fingerprint density at radius 1 is 1.35 bits per heavy atom. The van der Waals surface area contributed by atoms with E-state index in [1.54, 1.807) is 6.20 Å². The van der Waals surface area contributed by atoms with E-state index in [4.69, 9.17) is 5.11 Å². The van der Waals surface area contributed by atoms with E-state index in [1.165, 1.54) is 0 Å². The van der Waals surface area contributed by atoms with E-state index < -0.39 is 0 Å². The number of urea groups is 1. The lowest BCUT2D eigenvalue weighted by atomic mass is 10.1. The Kier molecular flexibility index (Phi) is 4.73. The molecule has 1 aromatic heterocycles. The number of anilines is 1. The zero-order valence-electron chi connectivity index (χ0n) is 12.7. The van der Waals surface area contributed by atoms with Crippen molar-refractivity contribution < 1.29 is 9.90 Å². The van der Waals surface area contributed by atoms with Crippen molar-refractivity contribution in [2.24, 2.45) is 5.92 Å². The highest BCUT2D eigenvalue weighted by atomic mass is 16.3. The van der Waals surface area contributed by atoms with Crippen molar-refractivity contribution in [3.63, 3.8) is 0 Å². The van der Waals surface area contributed by atoms with Gasteiger partial charge in [0.1, 0.15) is 0 Å². The molecule has 1 aliphatic rings. The summed E-state index contributed by atoms with van der Waals surface area (Å²) in [6, 6.07) is 9.30. The summed E-state index contributed by atoms with van der Waals surface area (Å²) in [6.45, 7) is 0.777. The van der Waals surface area contributed by atoms with Crippen LogP contribution in [-0.2, 0) is 6.54 Å². The molecule has 2 atom stereocenters. The summed E-state index contributed by atoms with van der Waals surface area (Å²) in [7, 11) is 0. The van der Waals surface area contributed by atoms with Crippen LogP contribution in [0.4, 0.5) is 10.5 Å². The maximum Gasteiger partial charge on any atom is 0.319 e. The molecule has 3 rings (SSSR count). The quantitative estimate of drug-likeness (QED) is 0.739. The zero-order chi connectivity index (χ0) is 16.1. The second kappa shape index (κ2) is 7.11. The molecule has 0 saturated carbocycles. The fourth-order valence-corrected chi connectivity index (χ4v) is 2.68. The van der Waals surface area contributed by atoms with E-state index in [0.29, 0.717) is 6.54 Å². The number of nitrogens with zero attached hydrogens (tertiary/aromatic N) is 2. The molecule has 23 heavy (non-hydrogen) atoms. The van der Waals surface area contributed by atoms with Gasteiger partial charge in [0, 0.05) is 36.6 Å². The number of carbonyl (C=O) groups is 1. The molecule has 3 N–H and O–H groups in total. The Morgan fingerprint density at radius 2 is 2.26 bits per heavy atom. The predicted molar refractivity (Wildman–Crippen MR) is 88.0 cm³/mol. The monoisotopic (exact) mass is 312 g/mol. The van der Waals surface area contributed by atoms with E-state index in [1.807, 2.05) is 53.4 Å². The Balaban J connectivity index is 1.55. The first-order valence-corrected chi connectivity index (χ1v) is 7.66. The van der Waals surface area contributed by atoms with Crippen LogP contribution in [-0.4, -0.2) is 33.6 Å². The van der Waals surface area contributed by atoms with Crippen LogP contribution in [0.2, 0.25) is 0 Å². The summed E-state index contributed by atoms with van der Waals surface area (Å²) in [5.41, 5.74) is 1.81. The van der Waals surface area contributed by atoms with Crippen LogP contribution in [0.25, 0.3) is 0 Å². The molecule has 6 heteroatoms. The number of benzene rings is 1. The third-order valence-electron chi connectivity index (χ3n) is 3.81. The van der Waals surface area contributed by atoms with Crippen molar-refractivity contribution >= 4 is 11.7 Å². The maximum absolute atomic E-state index is 12.1. The third kappa shape index (κ3) is 4.20. The molecule has 6 nitrogen and oxygen atoms in total. The molecule has 0 saturated heterocycles. The topological polar surface area (TPSA) is 79.2 Å². The van der Waals surface area contributed by atoms with Crippen LogP contribution < -0.4 is 10.6 Å². The SMILES string of the molecule is O=C(Nc1cccc(Cn2cccn2)c1)N[C@@H]1C=C[C@H](CO)C1. The molecule has 0 unspecified atom stereocenters. The van der Waals surface area contributed by atoms with Gasteiger partial charge in [0.25, 0.3) is 0 Å². The van der Waals surface area contributed by atoms with E-state index in [9.17, 15) is 4.79 Å². The largest absolute Gasteiger partial charge is 0.396 e. The normalized spacial score (nSPS) is 19.7. The Labute approximate surface area is 134 Å². The first kappa shape index (κ1) is 15.3. The van der Waals surface area contributed by atoms with Crippen LogP contribution in [0.15, 0.2) is 54.9 Å². The van der Waals surface area contributed by atoms with Gasteiger partial charge in [-0.2, -0.15) is 5.10 Å². The fraction of sp³-hybridized carbons (Fsp3) is 0.294. The summed E-state index contributed by atoms with van der Waals surface area (Å²) in [5.74, 6) is 0.137. The second-order valence-electron chi connectivity index (χ2n) is 5.67.